The first-order chi connectivity index (χ1) is 10.5. The number of carbonyl (C=O) groups excluding carboxylic acids is 2. The second kappa shape index (κ2) is 5.72. The van der Waals surface area contributed by atoms with Gasteiger partial charge in [0.25, 0.3) is 0 Å². The smallest absolute Gasteiger partial charge is 0.244 e. The van der Waals surface area contributed by atoms with Crippen LogP contribution in [0.1, 0.15) is 36.4 Å². The van der Waals surface area contributed by atoms with Crippen molar-refractivity contribution in [2.45, 2.75) is 32.2 Å². The van der Waals surface area contributed by atoms with E-state index in [1.165, 1.54) is 0 Å². The van der Waals surface area contributed by atoms with Crippen molar-refractivity contribution in [3.05, 3.63) is 35.4 Å². The number of hydrogen-bond acceptors (Lipinski definition) is 3. The Labute approximate surface area is 130 Å². The highest BCUT2D eigenvalue weighted by Crippen LogP contribution is 2.37. The Bertz CT molecular complexity index is 574. The average molecular weight is 301 g/mol. The van der Waals surface area contributed by atoms with Crippen LogP contribution < -0.4 is 11.1 Å². The van der Waals surface area contributed by atoms with Gasteiger partial charge in [0.1, 0.15) is 6.04 Å². The molecule has 1 spiro atoms. The molecule has 1 atom stereocenters. The predicted molar refractivity (Wildman–Crippen MR) is 84.0 cm³/mol. The van der Waals surface area contributed by atoms with E-state index in [0.717, 1.165) is 30.5 Å². The monoisotopic (exact) mass is 301 g/mol. The minimum Gasteiger partial charge on any atom is -0.356 e. The van der Waals surface area contributed by atoms with Crippen LogP contribution in [0.2, 0.25) is 0 Å². The van der Waals surface area contributed by atoms with Crippen LogP contribution in [0.15, 0.2) is 24.3 Å². The highest BCUT2D eigenvalue weighted by Gasteiger charge is 2.42. The minimum atomic E-state index is -0.599. The molecule has 1 aromatic rings. The first kappa shape index (κ1) is 15.0. The number of rotatable bonds is 2. The Morgan fingerprint density at radius 3 is 2.45 bits per heavy atom. The molecule has 3 rings (SSSR count). The van der Waals surface area contributed by atoms with E-state index in [1.54, 1.807) is 0 Å². The number of likely N-dealkylation sites (tertiary alicyclic amines) is 1. The van der Waals surface area contributed by atoms with Crippen molar-refractivity contribution in [3.63, 3.8) is 0 Å². The number of nitrogens with one attached hydrogen (secondary N) is 1. The molecule has 5 heteroatoms. The molecule has 5 nitrogen and oxygen atoms in total. The summed E-state index contributed by atoms with van der Waals surface area (Å²) in [7, 11) is 0. The van der Waals surface area contributed by atoms with Gasteiger partial charge in [0.15, 0.2) is 0 Å². The van der Waals surface area contributed by atoms with Crippen LogP contribution in [-0.2, 0) is 9.59 Å². The van der Waals surface area contributed by atoms with E-state index in [2.05, 4.69) is 5.32 Å². The van der Waals surface area contributed by atoms with Crippen molar-refractivity contribution in [2.75, 3.05) is 19.6 Å². The van der Waals surface area contributed by atoms with E-state index in [0.29, 0.717) is 19.5 Å². The summed E-state index contributed by atoms with van der Waals surface area (Å²) in [6.07, 6.45) is 2.34. The number of amides is 2. The third-order valence-electron chi connectivity index (χ3n) is 5.03. The van der Waals surface area contributed by atoms with E-state index in [9.17, 15) is 9.59 Å². The van der Waals surface area contributed by atoms with Crippen LogP contribution in [0.3, 0.4) is 0 Å². The SMILES string of the molecule is Cc1ccc(C(N)C(=O)N2CCC3(CC2)CNC(=O)C3)cc1. The molecule has 0 aliphatic carbocycles. The maximum absolute atomic E-state index is 12.6. The minimum absolute atomic E-state index is 0.0176. The fourth-order valence-corrected chi connectivity index (χ4v) is 3.42. The Kier molecular flexibility index (Phi) is 3.91. The third kappa shape index (κ3) is 2.86. The van der Waals surface area contributed by atoms with Crippen LogP contribution in [0.4, 0.5) is 0 Å². The number of aryl methyl sites for hydroxylation is 1. The van der Waals surface area contributed by atoms with Crippen molar-refractivity contribution < 1.29 is 9.59 Å². The summed E-state index contributed by atoms with van der Waals surface area (Å²) in [5.74, 6) is 0.118. The highest BCUT2D eigenvalue weighted by atomic mass is 16.2. The van der Waals surface area contributed by atoms with Gasteiger partial charge in [-0.05, 0) is 30.7 Å². The zero-order chi connectivity index (χ0) is 15.7. The van der Waals surface area contributed by atoms with Crippen molar-refractivity contribution in [3.8, 4) is 0 Å². The van der Waals surface area contributed by atoms with Gasteiger partial charge >= 0.3 is 0 Å². The van der Waals surface area contributed by atoms with Gasteiger partial charge in [-0.2, -0.15) is 0 Å². The summed E-state index contributed by atoms with van der Waals surface area (Å²) in [6, 6.07) is 7.19. The molecular weight excluding hydrogens is 278 g/mol. The molecule has 2 saturated heterocycles. The molecule has 1 aromatic carbocycles. The molecule has 1 unspecified atom stereocenters. The first-order valence-electron chi connectivity index (χ1n) is 7.87. The number of nitrogens with zero attached hydrogens (tertiary/aromatic N) is 1. The predicted octanol–water partition coefficient (Wildman–Crippen LogP) is 1.12. The number of benzene rings is 1. The van der Waals surface area contributed by atoms with E-state index in [1.807, 2.05) is 36.1 Å². The molecule has 2 aliphatic heterocycles. The van der Waals surface area contributed by atoms with Gasteiger partial charge in [-0.3, -0.25) is 9.59 Å². The lowest BCUT2D eigenvalue weighted by Gasteiger charge is -2.39. The van der Waals surface area contributed by atoms with Crippen molar-refractivity contribution in [1.82, 2.24) is 10.2 Å². The zero-order valence-electron chi connectivity index (χ0n) is 13.0. The molecule has 2 heterocycles. The molecule has 2 fully saturated rings. The molecule has 0 radical (unpaired) electrons. The summed E-state index contributed by atoms with van der Waals surface area (Å²) in [5, 5.41) is 2.91. The Balaban J connectivity index is 1.62. The Morgan fingerprint density at radius 2 is 1.91 bits per heavy atom. The molecular formula is C17H23N3O2. The molecule has 0 aromatic heterocycles. The van der Waals surface area contributed by atoms with Crippen molar-refractivity contribution in [2.24, 2.45) is 11.1 Å². The first-order valence-corrected chi connectivity index (χ1v) is 7.87. The van der Waals surface area contributed by atoms with E-state index in [4.69, 9.17) is 5.73 Å². The van der Waals surface area contributed by atoms with E-state index in [-0.39, 0.29) is 17.2 Å². The fourth-order valence-electron chi connectivity index (χ4n) is 3.42. The molecule has 2 amide bonds. The zero-order valence-corrected chi connectivity index (χ0v) is 13.0. The third-order valence-corrected chi connectivity index (χ3v) is 5.03. The lowest BCUT2D eigenvalue weighted by molar-refractivity contribution is -0.135. The van der Waals surface area contributed by atoms with Crippen molar-refractivity contribution in [1.29, 1.82) is 0 Å². The number of piperidine rings is 1. The molecule has 2 aliphatic rings. The van der Waals surface area contributed by atoms with E-state index >= 15 is 0 Å². The number of nitrogens with two attached hydrogens (primary N) is 1. The van der Waals surface area contributed by atoms with Crippen LogP contribution >= 0.6 is 0 Å². The second-order valence-corrected chi connectivity index (χ2v) is 6.67. The Hall–Kier alpha value is -1.88. The van der Waals surface area contributed by atoms with Gasteiger partial charge in [-0.1, -0.05) is 29.8 Å². The fraction of sp³-hybridized carbons (Fsp3) is 0.529. The Morgan fingerprint density at radius 1 is 1.27 bits per heavy atom. The molecule has 0 bridgehead atoms. The normalized spacial score (nSPS) is 21.7. The standard InChI is InChI=1S/C17H23N3O2/c1-12-2-4-13(5-3-12)15(18)16(22)20-8-6-17(7-9-20)10-14(21)19-11-17/h2-5,15H,6-11,18H2,1H3,(H,19,21). The topological polar surface area (TPSA) is 75.4 Å². The molecule has 0 saturated carbocycles. The summed E-state index contributed by atoms with van der Waals surface area (Å²) >= 11 is 0. The maximum Gasteiger partial charge on any atom is 0.244 e. The summed E-state index contributed by atoms with van der Waals surface area (Å²) in [6.45, 7) is 4.14. The van der Waals surface area contributed by atoms with E-state index < -0.39 is 6.04 Å². The van der Waals surface area contributed by atoms with Gasteiger partial charge in [0.05, 0.1) is 0 Å². The van der Waals surface area contributed by atoms with Gasteiger partial charge in [0.2, 0.25) is 11.8 Å². The lowest BCUT2D eigenvalue weighted by atomic mass is 9.77. The largest absolute Gasteiger partial charge is 0.356 e. The average Bonchev–Trinajstić information content (AvgIpc) is 2.88. The molecule has 3 N–H and O–H groups in total. The number of hydrogen-bond donors (Lipinski definition) is 2. The van der Waals surface area contributed by atoms with Crippen LogP contribution in [0.25, 0.3) is 0 Å². The highest BCUT2D eigenvalue weighted by molar-refractivity contribution is 5.83. The van der Waals surface area contributed by atoms with Crippen LogP contribution in [0.5, 0.6) is 0 Å². The van der Waals surface area contributed by atoms with Gasteiger partial charge < -0.3 is 16.0 Å². The number of carbonyl (C=O) groups is 2. The second-order valence-electron chi connectivity index (χ2n) is 6.67. The van der Waals surface area contributed by atoms with Crippen LogP contribution in [0, 0.1) is 12.3 Å². The van der Waals surface area contributed by atoms with Gasteiger partial charge in [0, 0.05) is 26.1 Å². The quantitative estimate of drug-likeness (QED) is 0.859. The summed E-state index contributed by atoms with van der Waals surface area (Å²) < 4.78 is 0. The lowest BCUT2D eigenvalue weighted by Crippen LogP contribution is -2.47. The summed E-state index contributed by atoms with van der Waals surface area (Å²) in [4.78, 5) is 25.9. The molecule has 22 heavy (non-hydrogen) atoms. The van der Waals surface area contributed by atoms with Crippen molar-refractivity contribution >= 4 is 11.8 Å². The molecule has 118 valence electrons. The summed E-state index contributed by atoms with van der Waals surface area (Å²) in [5.41, 5.74) is 8.20. The van der Waals surface area contributed by atoms with Crippen LogP contribution in [-0.4, -0.2) is 36.3 Å². The maximum atomic E-state index is 12.6. The van der Waals surface area contributed by atoms with Gasteiger partial charge in [-0.25, -0.2) is 0 Å². The van der Waals surface area contributed by atoms with Gasteiger partial charge in [-0.15, -0.1) is 0 Å².